The van der Waals surface area contributed by atoms with Crippen molar-refractivity contribution < 1.29 is 4.74 Å². The average molecular weight is 431 g/mol. The first-order valence-corrected chi connectivity index (χ1v) is 10.8. The van der Waals surface area contributed by atoms with Crippen LogP contribution in [0.4, 0.5) is 5.82 Å². The highest BCUT2D eigenvalue weighted by molar-refractivity contribution is 5.78. The average Bonchev–Trinajstić information content (AvgIpc) is 3.21. The molecule has 166 valence electrons. The molecule has 1 N–H and O–H groups in total. The van der Waals surface area contributed by atoms with Crippen LogP contribution in [0.25, 0.3) is 10.9 Å². The summed E-state index contributed by atoms with van der Waals surface area (Å²) in [5.41, 5.74) is 3.28. The minimum Gasteiger partial charge on any atom is -0.496 e. The highest BCUT2D eigenvalue weighted by Crippen LogP contribution is 2.28. The van der Waals surface area contributed by atoms with E-state index >= 15 is 0 Å². The number of fused-ring (bicyclic) bond motifs is 1. The zero-order valence-electron chi connectivity index (χ0n) is 19.1. The first-order chi connectivity index (χ1) is 15.5. The molecule has 2 heterocycles. The van der Waals surface area contributed by atoms with E-state index in [0.717, 1.165) is 52.5 Å². The van der Waals surface area contributed by atoms with Crippen LogP contribution in [0.15, 0.2) is 60.8 Å². The van der Waals surface area contributed by atoms with E-state index in [2.05, 4.69) is 57.6 Å². The molecular formula is C25H30N6O. The lowest BCUT2D eigenvalue weighted by Crippen LogP contribution is -2.27. The lowest BCUT2D eigenvalue weighted by Gasteiger charge is -2.26. The molecule has 1 unspecified atom stereocenters. The Morgan fingerprint density at radius 1 is 1.06 bits per heavy atom. The fraction of sp³-hybridized carbons (Fsp3) is 0.320. The summed E-state index contributed by atoms with van der Waals surface area (Å²) in [6.07, 6.45) is 2.69. The van der Waals surface area contributed by atoms with E-state index in [4.69, 9.17) is 4.74 Å². The van der Waals surface area contributed by atoms with Gasteiger partial charge in [0.15, 0.2) is 0 Å². The Bertz CT molecular complexity index is 1190. The third-order valence-corrected chi connectivity index (χ3v) is 5.62. The van der Waals surface area contributed by atoms with Crippen molar-refractivity contribution in [1.82, 2.24) is 24.6 Å². The van der Waals surface area contributed by atoms with Gasteiger partial charge in [-0.15, -0.1) is 0 Å². The summed E-state index contributed by atoms with van der Waals surface area (Å²) in [6.45, 7) is 3.40. The monoisotopic (exact) mass is 430 g/mol. The van der Waals surface area contributed by atoms with E-state index in [-0.39, 0.29) is 6.04 Å². The van der Waals surface area contributed by atoms with Crippen LogP contribution in [0.5, 0.6) is 5.75 Å². The molecule has 0 fully saturated rings. The quantitative estimate of drug-likeness (QED) is 0.431. The van der Waals surface area contributed by atoms with Gasteiger partial charge in [0, 0.05) is 42.2 Å². The number of nitrogens with zero attached hydrogens (tertiary/aromatic N) is 5. The summed E-state index contributed by atoms with van der Waals surface area (Å²) >= 11 is 0. The van der Waals surface area contributed by atoms with Gasteiger partial charge in [-0.2, -0.15) is 5.10 Å². The topological polar surface area (TPSA) is 68.1 Å². The summed E-state index contributed by atoms with van der Waals surface area (Å²) in [4.78, 5) is 11.4. The van der Waals surface area contributed by atoms with Crippen LogP contribution < -0.4 is 10.1 Å². The molecule has 2 aromatic heterocycles. The van der Waals surface area contributed by atoms with E-state index in [1.807, 2.05) is 54.2 Å². The molecular weight excluding hydrogens is 400 g/mol. The zero-order valence-corrected chi connectivity index (χ0v) is 19.1. The smallest absolute Gasteiger partial charge is 0.129 e. The number of nitrogens with one attached hydrogen (secondary N) is 1. The fourth-order valence-corrected chi connectivity index (χ4v) is 3.99. The maximum atomic E-state index is 5.58. The van der Waals surface area contributed by atoms with Gasteiger partial charge in [-0.3, -0.25) is 4.68 Å². The largest absolute Gasteiger partial charge is 0.496 e. The number of ether oxygens (including phenoxy) is 1. The molecule has 4 aromatic rings. The van der Waals surface area contributed by atoms with Crippen LogP contribution in [-0.2, 0) is 13.0 Å². The van der Waals surface area contributed by atoms with E-state index in [1.54, 1.807) is 7.11 Å². The van der Waals surface area contributed by atoms with Crippen LogP contribution in [-0.4, -0.2) is 52.4 Å². The number of methoxy groups -OCH3 is 1. The summed E-state index contributed by atoms with van der Waals surface area (Å²) in [5, 5.41) is 9.19. The predicted molar refractivity (Wildman–Crippen MR) is 128 cm³/mol. The second-order valence-electron chi connectivity index (χ2n) is 8.07. The van der Waals surface area contributed by atoms with Crippen molar-refractivity contribution in [1.29, 1.82) is 0 Å². The van der Waals surface area contributed by atoms with Gasteiger partial charge in [0.25, 0.3) is 0 Å². The highest BCUT2D eigenvalue weighted by Gasteiger charge is 2.18. The number of para-hydroxylation sites is 2. The highest BCUT2D eigenvalue weighted by atomic mass is 16.5. The van der Waals surface area contributed by atoms with E-state index in [1.165, 1.54) is 0 Å². The molecule has 0 saturated heterocycles. The minimum absolute atomic E-state index is 0.139. The van der Waals surface area contributed by atoms with Gasteiger partial charge >= 0.3 is 0 Å². The fourth-order valence-electron chi connectivity index (χ4n) is 3.99. The molecule has 2 aromatic carbocycles. The van der Waals surface area contributed by atoms with Crippen molar-refractivity contribution in [2.75, 3.05) is 33.1 Å². The van der Waals surface area contributed by atoms with Gasteiger partial charge in [0.05, 0.1) is 24.9 Å². The molecule has 0 aliphatic heterocycles. The third kappa shape index (κ3) is 4.89. The lowest BCUT2D eigenvalue weighted by atomic mass is 10.0. The van der Waals surface area contributed by atoms with Gasteiger partial charge < -0.3 is 15.0 Å². The molecule has 0 radical (unpaired) electrons. The normalized spacial score (nSPS) is 12.3. The Labute approximate surface area is 189 Å². The number of benzene rings is 2. The van der Waals surface area contributed by atoms with Crippen LogP contribution in [0.2, 0.25) is 0 Å². The Hall–Kier alpha value is -3.45. The number of anilines is 1. The van der Waals surface area contributed by atoms with E-state index in [0.29, 0.717) is 6.54 Å². The van der Waals surface area contributed by atoms with Crippen molar-refractivity contribution in [2.45, 2.75) is 25.9 Å². The van der Waals surface area contributed by atoms with Crippen molar-refractivity contribution in [3.05, 3.63) is 77.9 Å². The molecule has 0 spiro atoms. The Morgan fingerprint density at radius 2 is 1.84 bits per heavy atom. The van der Waals surface area contributed by atoms with Gasteiger partial charge in [-0.25, -0.2) is 9.97 Å². The first-order valence-electron chi connectivity index (χ1n) is 10.8. The first kappa shape index (κ1) is 21.8. The number of hydrogen-bond acceptors (Lipinski definition) is 6. The maximum absolute atomic E-state index is 5.58. The van der Waals surface area contributed by atoms with Gasteiger partial charge in [-0.05, 0) is 33.2 Å². The summed E-state index contributed by atoms with van der Waals surface area (Å²) in [6, 6.07) is 18.6. The van der Waals surface area contributed by atoms with Crippen molar-refractivity contribution in [3.8, 4) is 5.75 Å². The molecule has 0 aliphatic carbocycles. The Kier molecular flexibility index (Phi) is 6.66. The summed E-state index contributed by atoms with van der Waals surface area (Å²) < 4.78 is 7.61. The Morgan fingerprint density at radius 3 is 2.66 bits per heavy atom. The second kappa shape index (κ2) is 9.78. The molecule has 4 rings (SSSR count). The summed E-state index contributed by atoms with van der Waals surface area (Å²) in [5.74, 6) is 2.48. The van der Waals surface area contributed by atoms with Crippen LogP contribution >= 0.6 is 0 Å². The zero-order chi connectivity index (χ0) is 22.5. The third-order valence-electron chi connectivity index (χ3n) is 5.62. The standard InChI is InChI=1S/C25H30N6O/c1-18-28-20(13-14-31-22-11-7-5-9-19(22)16-27-31)15-25(29-18)26-17-23(30(2)3)21-10-6-8-12-24(21)32-4/h5-12,15-16,23H,13-14,17H2,1-4H3,(H,26,28,29). The molecule has 0 aliphatic rings. The molecule has 1 atom stereocenters. The van der Waals surface area contributed by atoms with Crippen molar-refractivity contribution in [2.24, 2.45) is 0 Å². The molecule has 0 saturated carbocycles. The van der Waals surface area contributed by atoms with Crippen LogP contribution in [0, 0.1) is 6.92 Å². The molecule has 7 nitrogen and oxygen atoms in total. The second-order valence-corrected chi connectivity index (χ2v) is 8.07. The van der Waals surface area contributed by atoms with Crippen LogP contribution in [0.3, 0.4) is 0 Å². The van der Waals surface area contributed by atoms with Crippen LogP contribution in [0.1, 0.15) is 23.1 Å². The number of aromatic nitrogens is 4. The number of likely N-dealkylation sites (N-methyl/N-ethyl adjacent to an activating group) is 1. The summed E-state index contributed by atoms with van der Waals surface area (Å²) in [7, 11) is 5.86. The van der Waals surface area contributed by atoms with Crippen molar-refractivity contribution >= 4 is 16.7 Å². The molecule has 7 heteroatoms. The number of aryl methyl sites for hydroxylation is 3. The van der Waals surface area contributed by atoms with Gasteiger partial charge in [0.1, 0.15) is 17.4 Å². The molecule has 32 heavy (non-hydrogen) atoms. The van der Waals surface area contributed by atoms with Crippen molar-refractivity contribution in [3.63, 3.8) is 0 Å². The van der Waals surface area contributed by atoms with Gasteiger partial charge in [-0.1, -0.05) is 36.4 Å². The van der Waals surface area contributed by atoms with E-state index in [9.17, 15) is 0 Å². The number of rotatable bonds is 9. The number of hydrogen-bond donors (Lipinski definition) is 1. The Balaban J connectivity index is 1.47. The molecule has 0 amide bonds. The minimum atomic E-state index is 0.139. The molecule has 0 bridgehead atoms. The van der Waals surface area contributed by atoms with E-state index < -0.39 is 0 Å². The lowest BCUT2D eigenvalue weighted by molar-refractivity contribution is 0.300. The predicted octanol–water partition coefficient (Wildman–Crippen LogP) is 4.10. The maximum Gasteiger partial charge on any atom is 0.129 e. The SMILES string of the molecule is COc1ccccc1C(CNc1cc(CCn2ncc3ccccc32)nc(C)n1)N(C)C. The van der Waals surface area contributed by atoms with Gasteiger partial charge in [0.2, 0.25) is 0 Å².